The summed E-state index contributed by atoms with van der Waals surface area (Å²) >= 11 is 0. The van der Waals surface area contributed by atoms with E-state index in [9.17, 15) is 0 Å². The minimum atomic E-state index is 0.968. The third-order valence-corrected chi connectivity index (χ3v) is 2.50. The predicted molar refractivity (Wildman–Crippen MR) is 69.4 cm³/mol. The smallest absolute Gasteiger partial charge is 0.0329 e. The molecule has 1 heteroatoms. The largest absolute Gasteiger partial charge is 0.104 e. The van der Waals surface area contributed by atoms with Crippen LogP contribution < -0.4 is 0 Å². The van der Waals surface area contributed by atoms with Crippen LogP contribution in [0.4, 0.5) is 0 Å². The summed E-state index contributed by atoms with van der Waals surface area (Å²) in [5, 5.41) is 1.30. The molecule has 0 fully saturated rings. The maximum absolute atomic E-state index is 3.98. The fraction of sp³-hybridized carbons (Fsp3) is 0.0769. The van der Waals surface area contributed by atoms with E-state index in [0.717, 1.165) is 22.2 Å². The standard InChI is InChI=1S/C13H16Si/c1-4-11-7-6-8-12(9-10(3)14)13(11)5-2/h4-8H,1-3,9H2,14H3. The van der Waals surface area contributed by atoms with Crippen molar-refractivity contribution in [2.45, 2.75) is 6.42 Å². The zero-order valence-electron chi connectivity index (χ0n) is 8.72. The van der Waals surface area contributed by atoms with Gasteiger partial charge in [-0.25, -0.2) is 0 Å². The molecule has 0 spiro atoms. The van der Waals surface area contributed by atoms with Gasteiger partial charge >= 0.3 is 0 Å². The Bertz CT molecular complexity index is 375. The van der Waals surface area contributed by atoms with Gasteiger partial charge < -0.3 is 0 Å². The first-order chi connectivity index (χ1) is 6.69. The molecular weight excluding hydrogens is 184 g/mol. The van der Waals surface area contributed by atoms with Crippen LogP contribution >= 0.6 is 0 Å². The van der Waals surface area contributed by atoms with Crippen LogP contribution in [0.25, 0.3) is 12.2 Å². The Balaban J connectivity index is 3.21. The Kier molecular flexibility index (Phi) is 3.66. The monoisotopic (exact) mass is 200 g/mol. The highest BCUT2D eigenvalue weighted by atomic mass is 28.1. The topological polar surface area (TPSA) is 0 Å². The molecule has 0 aliphatic rings. The van der Waals surface area contributed by atoms with Crippen LogP contribution in [0.3, 0.4) is 0 Å². The van der Waals surface area contributed by atoms with Crippen LogP contribution in [-0.4, -0.2) is 10.2 Å². The summed E-state index contributed by atoms with van der Waals surface area (Å²) in [5.41, 5.74) is 3.65. The molecule has 1 aromatic rings. The summed E-state index contributed by atoms with van der Waals surface area (Å²) in [6.45, 7) is 11.6. The molecule has 0 aromatic heterocycles. The lowest BCUT2D eigenvalue weighted by atomic mass is 9.99. The van der Waals surface area contributed by atoms with Crippen molar-refractivity contribution in [3.8, 4) is 0 Å². The van der Waals surface area contributed by atoms with E-state index in [1.54, 1.807) is 0 Å². The minimum absolute atomic E-state index is 0.968. The summed E-state index contributed by atoms with van der Waals surface area (Å²) in [6, 6.07) is 6.25. The van der Waals surface area contributed by atoms with Gasteiger partial charge in [0.2, 0.25) is 0 Å². The number of allylic oxidation sites excluding steroid dienone is 1. The molecule has 0 atom stereocenters. The summed E-state index contributed by atoms with van der Waals surface area (Å²) in [7, 11) is 1.05. The van der Waals surface area contributed by atoms with Crippen molar-refractivity contribution >= 4 is 22.4 Å². The van der Waals surface area contributed by atoms with E-state index in [2.05, 4.69) is 37.9 Å². The first kappa shape index (κ1) is 10.7. The van der Waals surface area contributed by atoms with E-state index >= 15 is 0 Å². The SMILES string of the molecule is C=Cc1cccc(CC(=C)[SiH3])c1C=C. The van der Waals surface area contributed by atoms with Gasteiger partial charge in [-0.1, -0.05) is 48.7 Å². The summed E-state index contributed by atoms with van der Waals surface area (Å²) in [4.78, 5) is 0. The van der Waals surface area contributed by atoms with E-state index < -0.39 is 0 Å². The molecule has 0 nitrogen and oxygen atoms in total. The van der Waals surface area contributed by atoms with Crippen LogP contribution in [0.5, 0.6) is 0 Å². The molecule has 1 aromatic carbocycles. The summed E-state index contributed by atoms with van der Waals surface area (Å²) < 4.78 is 0. The van der Waals surface area contributed by atoms with Crippen molar-refractivity contribution in [1.29, 1.82) is 0 Å². The predicted octanol–water partition coefficient (Wildman–Crippen LogP) is 2.39. The Hall–Kier alpha value is -1.34. The third kappa shape index (κ3) is 2.33. The number of benzene rings is 1. The second kappa shape index (κ2) is 4.77. The molecule has 0 saturated carbocycles. The molecule has 72 valence electrons. The van der Waals surface area contributed by atoms with Gasteiger partial charge in [0.25, 0.3) is 0 Å². The molecule has 1 rings (SSSR count). The van der Waals surface area contributed by atoms with Crippen LogP contribution in [0.2, 0.25) is 0 Å². The molecule has 0 heterocycles. The van der Waals surface area contributed by atoms with Crippen LogP contribution in [0.15, 0.2) is 43.1 Å². The molecule has 0 amide bonds. The van der Waals surface area contributed by atoms with Crippen molar-refractivity contribution < 1.29 is 0 Å². The van der Waals surface area contributed by atoms with Gasteiger partial charge in [-0.15, -0.1) is 6.58 Å². The van der Waals surface area contributed by atoms with Gasteiger partial charge in [-0.2, -0.15) is 0 Å². The minimum Gasteiger partial charge on any atom is -0.104 e. The molecule has 0 aliphatic heterocycles. The highest BCUT2D eigenvalue weighted by molar-refractivity contribution is 6.21. The second-order valence-electron chi connectivity index (χ2n) is 3.46. The van der Waals surface area contributed by atoms with E-state index in [-0.39, 0.29) is 0 Å². The maximum Gasteiger partial charge on any atom is 0.0329 e. The molecular formula is C13H16Si. The Morgan fingerprint density at radius 1 is 1.29 bits per heavy atom. The lowest BCUT2D eigenvalue weighted by Crippen LogP contribution is -1.94. The Labute approximate surface area is 89.1 Å². The van der Waals surface area contributed by atoms with Crippen LogP contribution in [-0.2, 0) is 6.42 Å². The molecule has 0 unspecified atom stereocenters. The van der Waals surface area contributed by atoms with Gasteiger partial charge in [0, 0.05) is 10.2 Å². The molecule has 14 heavy (non-hydrogen) atoms. The Morgan fingerprint density at radius 3 is 2.50 bits per heavy atom. The molecule has 0 aliphatic carbocycles. The van der Waals surface area contributed by atoms with Crippen molar-refractivity contribution in [3.63, 3.8) is 0 Å². The van der Waals surface area contributed by atoms with Gasteiger partial charge in [-0.3, -0.25) is 0 Å². The first-order valence-electron chi connectivity index (χ1n) is 4.70. The summed E-state index contributed by atoms with van der Waals surface area (Å²) in [6.07, 6.45) is 4.74. The zero-order valence-corrected chi connectivity index (χ0v) is 10.7. The zero-order chi connectivity index (χ0) is 10.6. The Morgan fingerprint density at radius 2 is 2.00 bits per heavy atom. The van der Waals surface area contributed by atoms with Crippen molar-refractivity contribution in [2.24, 2.45) is 0 Å². The van der Waals surface area contributed by atoms with E-state index in [0.29, 0.717) is 0 Å². The quantitative estimate of drug-likeness (QED) is 0.655. The third-order valence-electron chi connectivity index (χ3n) is 2.15. The fourth-order valence-electron chi connectivity index (χ4n) is 1.54. The second-order valence-corrected chi connectivity index (χ2v) is 4.88. The van der Waals surface area contributed by atoms with E-state index in [1.165, 1.54) is 16.3 Å². The van der Waals surface area contributed by atoms with Gasteiger partial charge in [0.15, 0.2) is 0 Å². The highest BCUT2D eigenvalue weighted by Gasteiger charge is 2.02. The average molecular weight is 200 g/mol. The van der Waals surface area contributed by atoms with Crippen LogP contribution in [0.1, 0.15) is 16.7 Å². The van der Waals surface area contributed by atoms with E-state index in [1.807, 2.05) is 12.2 Å². The molecule has 0 radical (unpaired) electrons. The van der Waals surface area contributed by atoms with Crippen molar-refractivity contribution in [3.05, 3.63) is 59.8 Å². The normalized spacial score (nSPS) is 9.71. The average Bonchev–Trinajstić information content (AvgIpc) is 2.16. The van der Waals surface area contributed by atoms with E-state index in [4.69, 9.17) is 0 Å². The fourth-order valence-corrected chi connectivity index (χ4v) is 1.92. The molecule has 0 saturated heterocycles. The molecule has 0 N–H and O–H groups in total. The first-order valence-corrected chi connectivity index (χ1v) is 5.70. The number of hydrogen-bond acceptors (Lipinski definition) is 0. The van der Waals surface area contributed by atoms with Gasteiger partial charge in [0.1, 0.15) is 0 Å². The maximum atomic E-state index is 3.98. The lowest BCUT2D eigenvalue weighted by Gasteiger charge is -2.08. The molecule has 0 bridgehead atoms. The highest BCUT2D eigenvalue weighted by Crippen LogP contribution is 2.19. The lowest BCUT2D eigenvalue weighted by molar-refractivity contribution is 1.23. The van der Waals surface area contributed by atoms with Gasteiger partial charge in [-0.05, 0) is 23.1 Å². The summed E-state index contributed by atoms with van der Waals surface area (Å²) in [5.74, 6) is 0. The van der Waals surface area contributed by atoms with Crippen molar-refractivity contribution in [2.75, 3.05) is 0 Å². The van der Waals surface area contributed by atoms with Crippen LogP contribution in [0, 0.1) is 0 Å². The van der Waals surface area contributed by atoms with Crippen molar-refractivity contribution in [1.82, 2.24) is 0 Å². The van der Waals surface area contributed by atoms with Gasteiger partial charge in [0.05, 0.1) is 0 Å². The number of hydrogen-bond donors (Lipinski definition) is 0. The number of rotatable bonds is 4.